The van der Waals surface area contributed by atoms with E-state index in [-0.39, 0.29) is 6.10 Å². The van der Waals surface area contributed by atoms with Gasteiger partial charge in [-0.15, -0.1) is 15.3 Å². The van der Waals surface area contributed by atoms with Gasteiger partial charge in [0, 0.05) is 10.9 Å². The number of nitrogens with zero attached hydrogens (tertiary/aromatic N) is 4. The second-order valence-corrected chi connectivity index (χ2v) is 6.88. The molecule has 0 radical (unpaired) electrons. The van der Waals surface area contributed by atoms with E-state index in [0.29, 0.717) is 6.54 Å². The van der Waals surface area contributed by atoms with Crippen molar-refractivity contribution < 1.29 is 4.74 Å². The minimum atomic E-state index is 0.00542. The molecule has 0 fully saturated rings. The second kappa shape index (κ2) is 7.13. The van der Waals surface area contributed by atoms with E-state index in [9.17, 15) is 0 Å². The molecule has 1 unspecified atom stereocenters. The van der Waals surface area contributed by atoms with Gasteiger partial charge in [-0.3, -0.25) is 0 Å². The van der Waals surface area contributed by atoms with Crippen LogP contribution >= 0.6 is 11.3 Å². The van der Waals surface area contributed by atoms with E-state index in [2.05, 4.69) is 20.6 Å². The summed E-state index contributed by atoms with van der Waals surface area (Å²) >= 11 is 1.63. The number of fused-ring (bicyclic) bond motifs is 1. The Morgan fingerprint density at radius 1 is 1.15 bits per heavy atom. The maximum absolute atomic E-state index is 6.00. The highest BCUT2D eigenvalue weighted by Crippen LogP contribution is 2.21. The molecule has 26 heavy (non-hydrogen) atoms. The van der Waals surface area contributed by atoms with Crippen molar-refractivity contribution in [2.45, 2.75) is 20.0 Å². The van der Waals surface area contributed by atoms with Crippen molar-refractivity contribution >= 4 is 22.8 Å². The zero-order chi connectivity index (χ0) is 17.9. The molecule has 0 aliphatic rings. The van der Waals surface area contributed by atoms with E-state index < -0.39 is 0 Å². The summed E-state index contributed by atoms with van der Waals surface area (Å²) in [5, 5.41) is 20.4. The van der Waals surface area contributed by atoms with Crippen LogP contribution in [-0.2, 0) is 0 Å². The predicted octanol–water partition coefficient (Wildman–Crippen LogP) is 4.04. The average molecular weight is 365 g/mol. The Morgan fingerprint density at radius 3 is 2.85 bits per heavy atom. The number of hydrogen-bond donors (Lipinski definition) is 1. The van der Waals surface area contributed by atoms with Crippen molar-refractivity contribution in [3.8, 4) is 17.1 Å². The van der Waals surface area contributed by atoms with Gasteiger partial charge in [0.1, 0.15) is 17.7 Å². The summed E-state index contributed by atoms with van der Waals surface area (Å²) in [6, 6.07) is 13.8. The lowest BCUT2D eigenvalue weighted by atomic mass is 10.2. The molecule has 4 aromatic rings. The van der Waals surface area contributed by atoms with E-state index >= 15 is 0 Å². The van der Waals surface area contributed by atoms with E-state index in [4.69, 9.17) is 4.74 Å². The van der Waals surface area contributed by atoms with Gasteiger partial charge in [0.05, 0.1) is 6.54 Å². The van der Waals surface area contributed by atoms with Crippen LogP contribution in [0.2, 0.25) is 0 Å². The van der Waals surface area contributed by atoms with E-state index in [1.807, 2.05) is 67.1 Å². The third kappa shape index (κ3) is 3.39. The molecule has 132 valence electrons. The molecule has 0 spiro atoms. The van der Waals surface area contributed by atoms with E-state index in [1.165, 1.54) is 0 Å². The minimum Gasteiger partial charge on any atom is -0.489 e. The van der Waals surface area contributed by atoms with Gasteiger partial charge in [-0.05, 0) is 49.1 Å². The molecule has 7 heteroatoms. The molecule has 0 aliphatic heterocycles. The van der Waals surface area contributed by atoms with Crippen LogP contribution in [-0.4, -0.2) is 32.5 Å². The van der Waals surface area contributed by atoms with Crippen LogP contribution in [0.4, 0.5) is 5.82 Å². The first-order valence-electron chi connectivity index (χ1n) is 8.42. The molecule has 6 nitrogen and oxygen atoms in total. The van der Waals surface area contributed by atoms with Gasteiger partial charge in [0.15, 0.2) is 11.5 Å². The molecule has 0 aliphatic carbocycles. The Balaban J connectivity index is 1.47. The lowest BCUT2D eigenvalue weighted by molar-refractivity contribution is 0.233. The average Bonchev–Trinajstić information content (AvgIpc) is 3.30. The Kier molecular flexibility index (Phi) is 4.53. The molecule has 0 saturated carbocycles. The summed E-state index contributed by atoms with van der Waals surface area (Å²) in [6.07, 6.45) is 0.00542. The number of para-hydroxylation sites is 1. The van der Waals surface area contributed by atoms with Crippen LogP contribution in [0.15, 0.2) is 53.2 Å². The number of benzene rings is 1. The Hall–Kier alpha value is -2.93. The van der Waals surface area contributed by atoms with Crippen molar-refractivity contribution in [2.24, 2.45) is 0 Å². The Morgan fingerprint density at radius 2 is 2.04 bits per heavy atom. The summed E-state index contributed by atoms with van der Waals surface area (Å²) in [6.45, 7) is 4.72. The summed E-state index contributed by atoms with van der Waals surface area (Å²) in [5.41, 5.74) is 2.87. The van der Waals surface area contributed by atoms with Crippen molar-refractivity contribution in [3.05, 3.63) is 58.8 Å². The standard InChI is InChI=1S/C19H19N5OS/c1-13-5-3-4-6-16(13)25-14(2)11-20-17-7-8-18-21-22-19(24(18)23-17)15-9-10-26-12-15/h3-10,12,14H,11H2,1-2H3,(H,20,23). The maximum atomic E-state index is 6.00. The highest BCUT2D eigenvalue weighted by atomic mass is 32.1. The lowest BCUT2D eigenvalue weighted by Gasteiger charge is -2.17. The molecule has 1 aromatic carbocycles. The molecule has 3 heterocycles. The SMILES string of the molecule is Cc1ccccc1OC(C)CNc1ccc2nnc(-c3ccsc3)n2n1. The molecule has 4 rings (SSSR count). The molecule has 1 atom stereocenters. The van der Waals surface area contributed by atoms with Gasteiger partial charge >= 0.3 is 0 Å². The fraction of sp³-hybridized carbons (Fsp3) is 0.211. The monoisotopic (exact) mass is 365 g/mol. The maximum Gasteiger partial charge on any atom is 0.186 e. The summed E-state index contributed by atoms with van der Waals surface area (Å²) < 4.78 is 7.76. The number of hydrogen-bond acceptors (Lipinski definition) is 6. The first-order valence-corrected chi connectivity index (χ1v) is 9.36. The van der Waals surface area contributed by atoms with E-state index in [1.54, 1.807) is 15.9 Å². The molecule has 0 saturated heterocycles. The van der Waals surface area contributed by atoms with Gasteiger partial charge in [0.25, 0.3) is 0 Å². The van der Waals surface area contributed by atoms with Crippen LogP contribution in [0, 0.1) is 6.92 Å². The first kappa shape index (κ1) is 16.5. The van der Waals surface area contributed by atoms with Crippen LogP contribution < -0.4 is 10.1 Å². The van der Waals surface area contributed by atoms with Gasteiger partial charge < -0.3 is 10.1 Å². The molecule has 0 bridgehead atoms. The van der Waals surface area contributed by atoms with Crippen molar-refractivity contribution in [1.82, 2.24) is 19.8 Å². The smallest absolute Gasteiger partial charge is 0.186 e. The fourth-order valence-corrected chi connectivity index (χ4v) is 3.28. The van der Waals surface area contributed by atoms with Crippen molar-refractivity contribution in [1.29, 1.82) is 0 Å². The van der Waals surface area contributed by atoms with Gasteiger partial charge in [-0.1, -0.05) is 18.2 Å². The highest BCUT2D eigenvalue weighted by molar-refractivity contribution is 7.08. The second-order valence-electron chi connectivity index (χ2n) is 6.10. The Labute approximate surface area is 155 Å². The minimum absolute atomic E-state index is 0.00542. The molecule has 0 amide bonds. The van der Waals surface area contributed by atoms with Crippen molar-refractivity contribution in [3.63, 3.8) is 0 Å². The third-order valence-corrected chi connectivity index (χ3v) is 4.72. The quantitative estimate of drug-likeness (QED) is 0.559. The number of anilines is 1. The van der Waals surface area contributed by atoms with Crippen LogP contribution in [0.1, 0.15) is 12.5 Å². The highest BCUT2D eigenvalue weighted by Gasteiger charge is 2.11. The molecular formula is C19H19N5OS. The summed E-state index contributed by atoms with van der Waals surface area (Å²) in [4.78, 5) is 0. The number of nitrogens with one attached hydrogen (secondary N) is 1. The number of ether oxygens (including phenoxy) is 1. The zero-order valence-corrected chi connectivity index (χ0v) is 15.4. The number of rotatable bonds is 6. The first-order chi connectivity index (χ1) is 12.7. The summed E-state index contributed by atoms with van der Waals surface area (Å²) in [7, 11) is 0. The Bertz CT molecular complexity index is 1010. The van der Waals surface area contributed by atoms with Crippen LogP contribution in [0.5, 0.6) is 5.75 Å². The van der Waals surface area contributed by atoms with Crippen LogP contribution in [0.25, 0.3) is 17.0 Å². The van der Waals surface area contributed by atoms with Gasteiger partial charge in [-0.25, -0.2) is 0 Å². The van der Waals surface area contributed by atoms with Gasteiger partial charge in [0.2, 0.25) is 0 Å². The largest absolute Gasteiger partial charge is 0.489 e. The number of thiophene rings is 1. The lowest BCUT2D eigenvalue weighted by Crippen LogP contribution is -2.23. The predicted molar refractivity (Wildman–Crippen MR) is 104 cm³/mol. The molecule has 3 aromatic heterocycles. The zero-order valence-electron chi connectivity index (χ0n) is 14.6. The molecular weight excluding hydrogens is 346 g/mol. The third-order valence-electron chi connectivity index (χ3n) is 4.03. The topological polar surface area (TPSA) is 64.3 Å². The molecule has 1 N–H and O–H groups in total. The summed E-state index contributed by atoms with van der Waals surface area (Å²) in [5.74, 6) is 2.41. The normalized spacial score (nSPS) is 12.2. The van der Waals surface area contributed by atoms with E-state index in [0.717, 1.165) is 34.2 Å². The fourth-order valence-electron chi connectivity index (χ4n) is 2.65. The number of aromatic nitrogens is 4. The van der Waals surface area contributed by atoms with Crippen molar-refractivity contribution in [2.75, 3.05) is 11.9 Å². The van der Waals surface area contributed by atoms with Crippen LogP contribution in [0.3, 0.4) is 0 Å². The number of aryl methyl sites for hydroxylation is 1. The van der Waals surface area contributed by atoms with Gasteiger partial charge in [-0.2, -0.15) is 15.9 Å².